The minimum atomic E-state index is 0.531. The normalized spacial score (nSPS) is 11.8. The first kappa shape index (κ1) is 14.0. The number of benzene rings is 1. The van der Waals surface area contributed by atoms with Crippen LogP contribution < -0.4 is 0 Å². The molecule has 0 radical (unpaired) electrons. The van der Waals surface area contributed by atoms with E-state index in [0.717, 1.165) is 5.69 Å². The van der Waals surface area contributed by atoms with Crippen molar-refractivity contribution in [3.05, 3.63) is 40.1 Å². The Bertz CT molecular complexity index is 607. The summed E-state index contributed by atoms with van der Waals surface area (Å²) < 4.78 is 0. The summed E-state index contributed by atoms with van der Waals surface area (Å²) in [5.41, 5.74) is 7.88. The molecule has 0 aliphatic rings. The molecule has 0 bridgehead atoms. The van der Waals surface area contributed by atoms with Gasteiger partial charge in [0, 0.05) is 11.1 Å². The van der Waals surface area contributed by atoms with E-state index in [1.54, 1.807) is 0 Å². The second-order valence-electron chi connectivity index (χ2n) is 6.29. The average Bonchev–Trinajstić information content (AvgIpc) is 2.32. The molecule has 0 spiro atoms. The van der Waals surface area contributed by atoms with E-state index in [1.165, 1.54) is 33.2 Å². The fraction of sp³-hybridized carbons (Fsp3) is 0.500. The maximum absolute atomic E-state index is 4.82. The summed E-state index contributed by atoms with van der Waals surface area (Å²) in [6.45, 7) is 15.6. The fourth-order valence-corrected chi connectivity index (χ4v) is 2.78. The molecule has 102 valence electrons. The lowest BCUT2D eigenvalue weighted by atomic mass is 9.87. The van der Waals surface area contributed by atoms with Crippen molar-refractivity contribution in [2.24, 2.45) is 0 Å². The minimum Gasteiger partial charge on any atom is -0.253 e. The van der Waals surface area contributed by atoms with Gasteiger partial charge in [0.15, 0.2) is 0 Å². The number of hydrogen-bond acceptors (Lipinski definition) is 1. The number of rotatable bonds is 2. The molecular weight excluding hydrogens is 230 g/mol. The predicted octanol–water partition coefficient (Wildman–Crippen LogP) is 5.41. The van der Waals surface area contributed by atoms with Crippen molar-refractivity contribution in [3.63, 3.8) is 0 Å². The van der Waals surface area contributed by atoms with Crippen molar-refractivity contribution in [1.29, 1.82) is 0 Å². The Morgan fingerprint density at radius 3 is 1.89 bits per heavy atom. The van der Waals surface area contributed by atoms with Gasteiger partial charge in [-0.15, -0.1) is 0 Å². The molecule has 1 aromatic heterocycles. The van der Waals surface area contributed by atoms with Gasteiger partial charge in [0.05, 0.1) is 5.52 Å². The van der Waals surface area contributed by atoms with E-state index in [1.807, 2.05) is 0 Å². The second-order valence-corrected chi connectivity index (χ2v) is 6.29. The number of nitrogens with zero attached hydrogens (tertiary/aromatic N) is 1. The van der Waals surface area contributed by atoms with Crippen molar-refractivity contribution in [1.82, 2.24) is 4.98 Å². The van der Waals surface area contributed by atoms with E-state index in [-0.39, 0.29) is 0 Å². The first-order valence-electron chi connectivity index (χ1n) is 7.24. The first-order chi connectivity index (χ1) is 8.82. The fourth-order valence-electron chi connectivity index (χ4n) is 2.78. The van der Waals surface area contributed by atoms with Gasteiger partial charge in [0.1, 0.15) is 0 Å². The molecule has 0 saturated carbocycles. The quantitative estimate of drug-likeness (QED) is 0.699. The summed E-state index contributed by atoms with van der Waals surface area (Å²) in [4.78, 5) is 4.82. The Labute approximate surface area is 117 Å². The zero-order valence-corrected chi connectivity index (χ0v) is 13.3. The molecule has 2 rings (SSSR count). The molecule has 0 N–H and O–H groups in total. The van der Waals surface area contributed by atoms with E-state index < -0.39 is 0 Å². The number of aryl methyl sites for hydroxylation is 3. The number of aromatic nitrogens is 1. The molecule has 0 saturated heterocycles. The lowest BCUT2D eigenvalue weighted by Gasteiger charge is -2.19. The van der Waals surface area contributed by atoms with Crippen molar-refractivity contribution < 1.29 is 0 Å². The SMILES string of the molecule is Cc1cc(C(C)C)c2c(C(C)C)cc(C)c(C)c2n1. The molecule has 1 nitrogen and oxygen atoms in total. The summed E-state index contributed by atoms with van der Waals surface area (Å²) in [5, 5.41) is 1.39. The van der Waals surface area contributed by atoms with Crippen LogP contribution in [-0.2, 0) is 0 Å². The zero-order valence-electron chi connectivity index (χ0n) is 13.3. The van der Waals surface area contributed by atoms with E-state index in [9.17, 15) is 0 Å². The Morgan fingerprint density at radius 2 is 1.37 bits per heavy atom. The third-order valence-corrected chi connectivity index (χ3v) is 4.03. The molecule has 0 aliphatic carbocycles. The topological polar surface area (TPSA) is 12.9 Å². The lowest BCUT2D eigenvalue weighted by Crippen LogP contribution is -2.02. The maximum atomic E-state index is 4.82. The first-order valence-corrected chi connectivity index (χ1v) is 7.24. The highest BCUT2D eigenvalue weighted by Crippen LogP contribution is 2.35. The molecule has 2 aromatic rings. The second kappa shape index (κ2) is 4.96. The lowest BCUT2D eigenvalue weighted by molar-refractivity contribution is 0.848. The van der Waals surface area contributed by atoms with E-state index in [4.69, 9.17) is 4.98 Å². The van der Waals surface area contributed by atoms with Crippen molar-refractivity contribution >= 4 is 10.9 Å². The van der Waals surface area contributed by atoms with Crippen LogP contribution in [0.3, 0.4) is 0 Å². The molecule has 0 fully saturated rings. The highest BCUT2D eigenvalue weighted by atomic mass is 14.7. The van der Waals surface area contributed by atoms with Gasteiger partial charge < -0.3 is 0 Å². The average molecular weight is 255 g/mol. The number of hydrogen-bond donors (Lipinski definition) is 0. The monoisotopic (exact) mass is 255 g/mol. The van der Waals surface area contributed by atoms with Gasteiger partial charge in [-0.25, -0.2) is 0 Å². The van der Waals surface area contributed by atoms with Gasteiger partial charge >= 0.3 is 0 Å². The van der Waals surface area contributed by atoms with Gasteiger partial charge in [-0.1, -0.05) is 33.8 Å². The Hall–Kier alpha value is -1.37. The summed E-state index contributed by atoms with van der Waals surface area (Å²) in [7, 11) is 0. The van der Waals surface area contributed by atoms with E-state index >= 15 is 0 Å². The maximum Gasteiger partial charge on any atom is 0.0742 e. The standard InChI is InChI=1S/C18H25N/c1-10(2)15-8-12(5)14(7)18-17(15)16(11(3)4)9-13(6)19-18/h8-11H,1-7H3. The van der Waals surface area contributed by atoms with Crippen molar-refractivity contribution in [2.75, 3.05) is 0 Å². The van der Waals surface area contributed by atoms with Crippen LogP contribution in [0.2, 0.25) is 0 Å². The molecule has 0 amide bonds. The van der Waals surface area contributed by atoms with Crippen LogP contribution in [0.15, 0.2) is 12.1 Å². The molecule has 0 unspecified atom stereocenters. The van der Waals surface area contributed by atoms with Crippen LogP contribution >= 0.6 is 0 Å². The van der Waals surface area contributed by atoms with Crippen LogP contribution in [0.25, 0.3) is 10.9 Å². The Morgan fingerprint density at radius 1 is 0.842 bits per heavy atom. The number of pyridine rings is 1. The van der Waals surface area contributed by atoms with Crippen LogP contribution in [0.1, 0.15) is 67.5 Å². The Balaban J connectivity index is 3.00. The van der Waals surface area contributed by atoms with Crippen molar-refractivity contribution in [2.45, 2.75) is 60.3 Å². The summed E-state index contributed by atoms with van der Waals surface area (Å²) in [6, 6.07) is 4.61. The van der Waals surface area contributed by atoms with E-state index in [0.29, 0.717) is 11.8 Å². The van der Waals surface area contributed by atoms with Gasteiger partial charge in [-0.3, -0.25) is 4.98 Å². The van der Waals surface area contributed by atoms with Gasteiger partial charge in [-0.05, 0) is 60.9 Å². The highest BCUT2D eigenvalue weighted by molar-refractivity contribution is 5.90. The third-order valence-electron chi connectivity index (χ3n) is 4.03. The highest BCUT2D eigenvalue weighted by Gasteiger charge is 2.16. The molecule has 0 aliphatic heterocycles. The van der Waals surface area contributed by atoms with Crippen LogP contribution in [0.4, 0.5) is 0 Å². The van der Waals surface area contributed by atoms with Gasteiger partial charge in [-0.2, -0.15) is 0 Å². The summed E-state index contributed by atoms with van der Waals surface area (Å²) in [5.74, 6) is 1.06. The van der Waals surface area contributed by atoms with Crippen LogP contribution in [-0.4, -0.2) is 4.98 Å². The smallest absolute Gasteiger partial charge is 0.0742 e. The van der Waals surface area contributed by atoms with Gasteiger partial charge in [0.25, 0.3) is 0 Å². The Kier molecular flexibility index (Phi) is 3.66. The van der Waals surface area contributed by atoms with Crippen LogP contribution in [0.5, 0.6) is 0 Å². The summed E-state index contributed by atoms with van der Waals surface area (Å²) >= 11 is 0. The molecule has 1 aromatic carbocycles. The van der Waals surface area contributed by atoms with Gasteiger partial charge in [0.2, 0.25) is 0 Å². The molecule has 1 heteroatoms. The molecule has 0 atom stereocenters. The number of fused-ring (bicyclic) bond motifs is 1. The van der Waals surface area contributed by atoms with Crippen LogP contribution in [0, 0.1) is 20.8 Å². The largest absolute Gasteiger partial charge is 0.253 e. The third kappa shape index (κ3) is 2.39. The predicted molar refractivity (Wildman–Crippen MR) is 84.1 cm³/mol. The zero-order chi connectivity index (χ0) is 14.3. The molecule has 1 heterocycles. The molecular formula is C18H25N. The molecule has 19 heavy (non-hydrogen) atoms. The minimum absolute atomic E-state index is 0.531. The summed E-state index contributed by atoms with van der Waals surface area (Å²) in [6.07, 6.45) is 0. The van der Waals surface area contributed by atoms with Crippen molar-refractivity contribution in [3.8, 4) is 0 Å². The van der Waals surface area contributed by atoms with E-state index in [2.05, 4.69) is 60.6 Å².